The molecular formula is C13H15N3O. The average Bonchev–Trinajstić information content (AvgIpc) is 2.78. The van der Waals surface area contributed by atoms with E-state index in [1.165, 1.54) is 0 Å². The Morgan fingerprint density at radius 1 is 1.35 bits per heavy atom. The maximum Gasteiger partial charge on any atom is 0.229 e. The van der Waals surface area contributed by atoms with Gasteiger partial charge in [0.15, 0.2) is 0 Å². The van der Waals surface area contributed by atoms with Crippen LogP contribution in [0.4, 0.5) is 0 Å². The van der Waals surface area contributed by atoms with Crippen LogP contribution in [0.2, 0.25) is 0 Å². The minimum Gasteiger partial charge on any atom is -0.285 e. The van der Waals surface area contributed by atoms with Crippen molar-refractivity contribution in [3.05, 3.63) is 47.5 Å². The Labute approximate surface area is 100 Å². The van der Waals surface area contributed by atoms with Crippen molar-refractivity contribution in [2.75, 3.05) is 0 Å². The molecule has 2 aromatic rings. The highest BCUT2D eigenvalue weighted by atomic mass is 16.1. The maximum atomic E-state index is 12.3. The lowest BCUT2D eigenvalue weighted by Gasteiger charge is -2.06. The van der Waals surface area contributed by atoms with Gasteiger partial charge in [-0.1, -0.05) is 13.0 Å². The molecule has 0 radical (unpaired) electrons. The number of pyridine rings is 1. The molecule has 2 rings (SSSR count). The van der Waals surface area contributed by atoms with Crippen molar-refractivity contribution in [3.8, 4) is 0 Å². The van der Waals surface area contributed by atoms with Crippen molar-refractivity contribution in [2.45, 2.75) is 26.8 Å². The van der Waals surface area contributed by atoms with Crippen LogP contribution in [0.3, 0.4) is 0 Å². The molecule has 0 saturated carbocycles. The molecule has 0 aromatic carbocycles. The first-order valence-electron chi connectivity index (χ1n) is 5.72. The van der Waals surface area contributed by atoms with Gasteiger partial charge in [0, 0.05) is 18.9 Å². The summed E-state index contributed by atoms with van der Waals surface area (Å²) in [6.07, 6.45) is 4.24. The molecule has 17 heavy (non-hydrogen) atoms. The van der Waals surface area contributed by atoms with Gasteiger partial charge in [0.2, 0.25) is 5.78 Å². The van der Waals surface area contributed by atoms with Crippen LogP contribution in [0.1, 0.15) is 35.1 Å². The van der Waals surface area contributed by atoms with Crippen molar-refractivity contribution in [1.82, 2.24) is 14.8 Å². The van der Waals surface area contributed by atoms with Gasteiger partial charge in [-0.25, -0.2) is 0 Å². The first-order chi connectivity index (χ1) is 8.24. The summed E-state index contributed by atoms with van der Waals surface area (Å²) in [5.74, 6) is -0.0611. The van der Waals surface area contributed by atoms with Gasteiger partial charge in [-0.15, -0.1) is 0 Å². The second-order valence-corrected chi connectivity index (χ2v) is 3.94. The molecule has 0 fully saturated rings. The average molecular weight is 229 g/mol. The number of carbonyl (C=O) groups is 1. The highest BCUT2D eigenvalue weighted by Crippen LogP contribution is 2.11. The third-order valence-electron chi connectivity index (χ3n) is 2.61. The monoisotopic (exact) mass is 229 g/mol. The fourth-order valence-corrected chi connectivity index (χ4v) is 1.76. The number of carbonyl (C=O) groups excluding carboxylic acids is 1. The van der Waals surface area contributed by atoms with E-state index in [0.717, 1.165) is 18.5 Å². The largest absolute Gasteiger partial charge is 0.285 e. The molecule has 0 bridgehead atoms. The van der Waals surface area contributed by atoms with E-state index < -0.39 is 0 Å². The molecule has 0 aliphatic heterocycles. The number of aromatic nitrogens is 3. The third-order valence-corrected chi connectivity index (χ3v) is 2.61. The van der Waals surface area contributed by atoms with Crippen LogP contribution in [-0.2, 0) is 6.54 Å². The zero-order valence-corrected chi connectivity index (χ0v) is 10.1. The van der Waals surface area contributed by atoms with Gasteiger partial charge in [0.05, 0.1) is 0 Å². The van der Waals surface area contributed by atoms with Crippen molar-refractivity contribution in [2.24, 2.45) is 0 Å². The summed E-state index contributed by atoms with van der Waals surface area (Å²) in [5, 5.41) is 4.15. The van der Waals surface area contributed by atoms with E-state index in [0.29, 0.717) is 11.4 Å². The van der Waals surface area contributed by atoms with Crippen LogP contribution in [0.25, 0.3) is 0 Å². The second-order valence-electron chi connectivity index (χ2n) is 3.94. The molecular weight excluding hydrogens is 214 g/mol. The van der Waals surface area contributed by atoms with Crippen molar-refractivity contribution in [3.63, 3.8) is 0 Å². The fraction of sp³-hybridized carbons (Fsp3) is 0.308. The Morgan fingerprint density at radius 2 is 2.18 bits per heavy atom. The molecule has 2 aromatic heterocycles. The van der Waals surface area contributed by atoms with E-state index in [1.54, 1.807) is 23.1 Å². The smallest absolute Gasteiger partial charge is 0.229 e. The highest BCUT2D eigenvalue weighted by Gasteiger charge is 2.16. The Bertz CT molecular complexity index is 531. The summed E-state index contributed by atoms with van der Waals surface area (Å²) in [5.41, 5.74) is 2.00. The predicted molar refractivity (Wildman–Crippen MR) is 64.9 cm³/mol. The number of nitrogens with zero attached hydrogens (tertiary/aromatic N) is 3. The summed E-state index contributed by atoms with van der Waals surface area (Å²) in [6.45, 7) is 4.70. The van der Waals surface area contributed by atoms with Gasteiger partial charge in [-0.05, 0) is 31.0 Å². The van der Waals surface area contributed by atoms with Crippen LogP contribution in [-0.4, -0.2) is 20.5 Å². The second kappa shape index (κ2) is 4.91. The van der Waals surface area contributed by atoms with E-state index in [4.69, 9.17) is 0 Å². The number of ketones is 1. The van der Waals surface area contributed by atoms with Gasteiger partial charge in [0.25, 0.3) is 0 Å². The molecule has 0 amide bonds. The lowest BCUT2D eigenvalue weighted by atomic mass is 10.1. The highest BCUT2D eigenvalue weighted by molar-refractivity contribution is 6.07. The Hall–Kier alpha value is -1.97. The predicted octanol–water partition coefficient (Wildman–Crippen LogP) is 2.23. The van der Waals surface area contributed by atoms with Gasteiger partial charge < -0.3 is 0 Å². The summed E-state index contributed by atoms with van der Waals surface area (Å²) < 4.78 is 1.73. The SMILES string of the molecule is CCCn1nccc1C(=O)c1ncccc1C. The number of aryl methyl sites for hydroxylation is 2. The third kappa shape index (κ3) is 2.25. The van der Waals surface area contributed by atoms with E-state index >= 15 is 0 Å². The molecule has 4 heteroatoms. The van der Waals surface area contributed by atoms with Crippen LogP contribution in [0.5, 0.6) is 0 Å². The summed E-state index contributed by atoms with van der Waals surface area (Å²) in [6, 6.07) is 5.46. The van der Waals surface area contributed by atoms with Crippen LogP contribution < -0.4 is 0 Å². The lowest BCUT2D eigenvalue weighted by Crippen LogP contribution is -2.13. The minimum absolute atomic E-state index is 0.0611. The molecule has 88 valence electrons. The van der Waals surface area contributed by atoms with Crippen LogP contribution in [0, 0.1) is 6.92 Å². The molecule has 0 aliphatic carbocycles. The number of hydrogen-bond donors (Lipinski definition) is 0. The molecule has 0 spiro atoms. The van der Waals surface area contributed by atoms with Gasteiger partial charge in [0.1, 0.15) is 11.4 Å². The van der Waals surface area contributed by atoms with Crippen molar-refractivity contribution < 1.29 is 4.79 Å². The first kappa shape index (κ1) is 11.5. The Balaban J connectivity index is 2.37. The van der Waals surface area contributed by atoms with E-state index in [1.807, 2.05) is 19.1 Å². The Morgan fingerprint density at radius 3 is 2.88 bits per heavy atom. The van der Waals surface area contributed by atoms with E-state index in [2.05, 4.69) is 17.0 Å². The molecule has 0 aliphatic rings. The molecule has 0 N–H and O–H groups in total. The normalized spacial score (nSPS) is 10.5. The maximum absolute atomic E-state index is 12.3. The molecule has 4 nitrogen and oxygen atoms in total. The quantitative estimate of drug-likeness (QED) is 0.755. The zero-order valence-electron chi connectivity index (χ0n) is 10.1. The number of hydrogen-bond acceptors (Lipinski definition) is 3. The van der Waals surface area contributed by atoms with Crippen molar-refractivity contribution in [1.29, 1.82) is 0 Å². The Kier molecular flexibility index (Phi) is 3.32. The van der Waals surface area contributed by atoms with Crippen molar-refractivity contribution >= 4 is 5.78 Å². The first-order valence-corrected chi connectivity index (χ1v) is 5.72. The van der Waals surface area contributed by atoms with Gasteiger partial charge >= 0.3 is 0 Å². The standard InChI is InChI=1S/C13H15N3O/c1-3-9-16-11(6-8-15-16)13(17)12-10(2)5-4-7-14-12/h4-8H,3,9H2,1-2H3. The molecule has 0 saturated heterocycles. The van der Waals surface area contributed by atoms with E-state index in [9.17, 15) is 4.79 Å². The van der Waals surface area contributed by atoms with Gasteiger partial charge in [-0.3, -0.25) is 14.5 Å². The minimum atomic E-state index is -0.0611. The molecule has 2 heterocycles. The zero-order chi connectivity index (χ0) is 12.3. The molecule has 0 unspecified atom stereocenters. The van der Waals surface area contributed by atoms with Crippen LogP contribution >= 0.6 is 0 Å². The summed E-state index contributed by atoms with van der Waals surface area (Å²) in [4.78, 5) is 16.4. The fourth-order valence-electron chi connectivity index (χ4n) is 1.76. The molecule has 0 atom stereocenters. The summed E-state index contributed by atoms with van der Waals surface area (Å²) in [7, 11) is 0. The lowest BCUT2D eigenvalue weighted by molar-refractivity contribution is 0.102. The summed E-state index contributed by atoms with van der Waals surface area (Å²) >= 11 is 0. The topological polar surface area (TPSA) is 47.8 Å². The van der Waals surface area contributed by atoms with Crippen LogP contribution in [0.15, 0.2) is 30.6 Å². The number of rotatable bonds is 4. The van der Waals surface area contributed by atoms with E-state index in [-0.39, 0.29) is 5.78 Å². The van der Waals surface area contributed by atoms with Gasteiger partial charge in [-0.2, -0.15) is 5.10 Å².